The lowest BCUT2D eigenvalue weighted by molar-refractivity contribution is 0.0980. The predicted octanol–water partition coefficient (Wildman–Crippen LogP) is 3.72. The third kappa shape index (κ3) is 1.64. The van der Waals surface area contributed by atoms with Crippen LogP contribution in [0.4, 0.5) is 0 Å². The lowest BCUT2D eigenvalue weighted by Crippen LogP contribution is -2.18. The van der Waals surface area contributed by atoms with Crippen LogP contribution >= 0.6 is 0 Å². The zero-order chi connectivity index (χ0) is 11.9. The SMILES string of the molecule is CC1(C)CC=C2OCOC2=C1c1ccccc1. The summed E-state index contributed by atoms with van der Waals surface area (Å²) in [5.74, 6) is 1.83. The van der Waals surface area contributed by atoms with E-state index < -0.39 is 0 Å². The molecule has 0 amide bonds. The molecule has 2 nitrogen and oxygen atoms in total. The molecule has 1 aromatic rings. The molecule has 1 aliphatic heterocycles. The molecule has 0 saturated carbocycles. The highest BCUT2D eigenvalue weighted by molar-refractivity contribution is 5.75. The van der Waals surface area contributed by atoms with Gasteiger partial charge in [-0.3, -0.25) is 0 Å². The summed E-state index contributed by atoms with van der Waals surface area (Å²) in [5.41, 5.74) is 2.57. The third-order valence-electron chi connectivity index (χ3n) is 3.41. The number of ether oxygens (including phenoxy) is 2. The Hall–Kier alpha value is -1.70. The lowest BCUT2D eigenvalue weighted by Gasteiger charge is -2.31. The van der Waals surface area contributed by atoms with E-state index in [0.29, 0.717) is 6.79 Å². The van der Waals surface area contributed by atoms with Gasteiger partial charge in [-0.05, 0) is 23.5 Å². The van der Waals surface area contributed by atoms with Crippen LogP contribution < -0.4 is 0 Å². The fourth-order valence-corrected chi connectivity index (χ4v) is 2.52. The maximum atomic E-state index is 5.65. The average Bonchev–Trinajstić information content (AvgIpc) is 2.77. The summed E-state index contributed by atoms with van der Waals surface area (Å²) < 4.78 is 11.1. The zero-order valence-electron chi connectivity index (χ0n) is 10.2. The second-order valence-electron chi connectivity index (χ2n) is 5.13. The van der Waals surface area contributed by atoms with Gasteiger partial charge in [-0.15, -0.1) is 0 Å². The van der Waals surface area contributed by atoms with Crippen molar-refractivity contribution in [3.05, 3.63) is 53.5 Å². The zero-order valence-corrected chi connectivity index (χ0v) is 10.2. The van der Waals surface area contributed by atoms with Crippen LogP contribution in [0.3, 0.4) is 0 Å². The minimum Gasteiger partial charge on any atom is -0.454 e. The molecule has 0 aromatic heterocycles. The Morgan fingerprint density at radius 3 is 2.59 bits per heavy atom. The van der Waals surface area contributed by atoms with Gasteiger partial charge in [0.25, 0.3) is 0 Å². The van der Waals surface area contributed by atoms with Crippen LogP contribution in [0, 0.1) is 5.41 Å². The van der Waals surface area contributed by atoms with Gasteiger partial charge < -0.3 is 9.47 Å². The normalized spacial score (nSPS) is 21.4. The minimum absolute atomic E-state index is 0.0912. The summed E-state index contributed by atoms with van der Waals surface area (Å²) in [4.78, 5) is 0. The van der Waals surface area contributed by atoms with Gasteiger partial charge in [0.05, 0.1) is 0 Å². The van der Waals surface area contributed by atoms with Crippen molar-refractivity contribution < 1.29 is 9.47 Å². The third-order valence-corrected chi connectivity index (χ3v) is 3.41. The summed E-state index contributed by atoms with van der Waals surface area (Å²) in [6.07, 6.45) is 3.12. The van der Waals surface area contributed by atoms with Gasteiger partial charge >= 0.3 is 0 Å². The Kier molecular flexibility index (Phi) is 2.25. The van der Waals surface area contributed by atoms with E-state index in [2.05, 4.69) is 44.2 Å². The average molecular weight is 228 g/mol. The summed E-state index contributed by atoms with van der Waals surface area (Å²) in [6, 6.07) is 10.4. The largest absolute Gasteiger partial charge is 0.454 e. The highest BCUT2D eigenvalue weighted by atomic mass is 16.7. The van der Waals surface area contributed by atoms with Gasteiger partial charge in [0.2, 0.25) is 6.79 Å². The Bertz CT molecular complexity index is 495. The van der Waals surface area contributed by atoms with E-state index in [1.807, 2.05) is 6.07 Å². The van der Waals surface area contributed by atoms with Crippen molar-refractivity contribution in [1.82, 2.24) is 0 Å². The standard InChI is InChI=1S/C15H16O2/c1-15(2)9-8-12-14(17-10-16-12)13(15)11-6-4-3-5-7-11/h3-8H,9-10H2,1-2H3. The van der Waals surface area contributed by atoms with Crippen LogP contribution in [0.15, 0.2) is 47.9 Å². The molecule has 1 aromatic carbocycles. The van der Waals surface area contributed by atoms with Crippen LogP contribution in [0.2, 0.25) is 0 Å². The molecule has 0 radical (unpaired) electrons. The first-order valence-electron chi connectivity index (χ1n) is 5.95. The Morgan fingerprint density at radius 1 is 1.06 bits per heavy atom. The van der Waals surface area contributed by atoms with Crippen molar-refractivity contribution in [2.45, 2.75) is 20.3 Å². The van der Waals surface area contributed by atoms with Crippen molar-refractivity contribution in [2.75, 3.05) is 6.79 Å². The van der Waals surface area contributed by atoms with Crippen molar-refractivity contribution in [1.29, 1.82) is 0 Å². The molecular formula is C15H16O2. The van der Waals surface area contributed by atoms with Crippen LogP contribution in [0.25, 0.3) is 5.57 Å². The van der Waals surface area contributed by atoms with E-state index in [4.69, 9.17) is 9.47 Å². The molecule has 1 aliphatic carbocycles. The van der Waals surface area contributed by atoms with Gasteiger partial charge in [0.15, 0.2) is 11.5 Å². The molecule has 0 spiro atoms. The molecule has 0 atom stereocenters. The highest BCUT2D eigenvalue weighted by Crippen LogP contribution is 2.47. The quantitative estimate of drug-likeness (QED) is 0.729. The minimum atomic E-state index is 0.0912. The molecule has 0 unspecified atom stereocenters. The first-order valence-corrected chi connectivity index (χ1v) is 5.95. The Labute approximate surface area is 102 Å². The van der Waals surface area contributed by atoms with Crippen LogP contribution in [-0.2, 0) is 9.47 Å². The number of benzene rings is 1. The number of hydrogen-bond donors (Lipinski definition) is 0. The van der Waals surface area contributed by atoms with Crippen molar-refractivity contribution >= 4 is 5.57 Å². The molecule has 17 heavy (non-hydrogen) atoms. The van der Waals surface area contributed by atoms with E-state index in [1.165, 1.54) is 11.1 Å². The molecule has 1 fully saturated rings. The summed E-state index contributed by atoms with van der Waals surface area (Å²) in [7, 11) is 0. The fraction of sp³-hybridized carbons (Fsp3) is 0.333. The number of hydrogen-bond acceptors (Lipinski definition) is 2. The second kappa shape index (κ2) is 3.66. The smallest absolute Gasteiger partial charge is 0.231 e. The topological polar surface area (TPSA) is 18.5 Å². The maximum Gasteiger partial charge on any atom is 0.231 e. The summed E-state index contributed by atoms with van der Waals surface area (Å²) in [6.45, 7) is 4.84. The number of rotatable bonds is 1. The lowest BCUT2D eigenvalue weighted by atomic mass is 9.74. The summed E-state index contributed by atoms with van der Waals surface area (Å²) >= 11 is 0. The Morgan fingerprint density at radius 2 is 1.82 bits per heavy atom. The first kappa shape index (κ1) is 10.5. The molecular weight excluding hydrogens is 212 g/mol. The van der Waals surface area contributed by atoms with E-state index >= 15 is 0 Å². The number of fused-ring (bicyclic) bond motifs is 1. The summed E-state index contributed by atoms with van der Waals surface area (Å²) in [5, 5.41) is 0. The molecule has 88 valence electrons. The molecule has 3 rings (SSSR count). The van der Waals surface area contributed by atoms with Crippen molar-refractivity contribution in [3.63, 3.8) is 0 Å². The van der Waals surface area contributed by atoms with Crippen LogP contribution in [0.5, 0.6) is 0 Å². The Balaban J connectivity index is 2.19. The van der Waals surface area contributed by atoms with Crippen LogP contribution in [0.1, 0.15) is 25.8 Å². The van der Waals surface area contributed by atoms with Crippen molar-refractivity contribution in [2.24, 2.45) is 5.41 Å². The van der Waals surface area contributed by atoms with E-state index in [1.54, 1.807) is 0 Å². The van der Waals surface area contributed by atoms with Gasteiger partial charge in [-0.1, -0.05) is 44.2 Å². The fourth-order valence-electron chi connectivity index (χ4n) is 2.52. The van der Waals surface area contributed by atoms with Gasteiger partial charge in [-0.2, -0.15) is 0 Å². The second-order valence-corrected chi connectivity index (χ2v) is 5.13. The highest BCUT2D eigenvalue weighted by Gasteiger charge is 2.36. The van der Waals surface area contributed by atoms with Gasteiger partial charge in [-0.25, -0.2) is 0 Å². The molecule has 2 aliphatic rings. The molecule has 0 N–H and O–H groups in total. The van der Waals surface area contributed by atoms with Crippen molar-refractivity contribution in [3.8, 4) is 0 Å². The first-order chi connectivity index (χ1) is 8.18. The molecule has 0 bridgehead atoms. The van der Waals surface area contributed by atoms with Crippen LogP contribution in [-0.4, -0.2) is 6.79 Å². The number of allylic oxidation sites excluding steroid dienone is 2. The van der Waals surface area contributed by atoms with E-state index in [9.17, 15) is 0 Å². The maximum absolute atomic E-state index is 5.65. The predicted molar refractivity (Wildman–Crippen MR) is 66.9 cm³/mol. The van der Waals surface area contributed by atoms with Gasteiger partial charge in [0, 0.05) is 5.57 Å². The van der Waals surface area contributed by atoms with E-state index in [0.717, 1.165) is 17.9 Å². The molecule has 2 heteroatoms. The van der Waals surface area contributed by atoms with Gasteiger partial charge in [0.1, 0.15) is 0 Å². The molecule has 1 heterocycles. The molecule has 1 saturated heterocycles. The van der Waals surface area contributed by atoms with E-state index in [-0.39, 0.29) is 5.41 Å². The monoisotopic (exact) mass is 228 g/mol.